The van der Waals surface area contributed by atoms with Crippen molar-refractivity contribution < 1.29 is 38.3 Å². The van der Waals surface area contributed by atoms with Crippen LogP contribution in [0.4, 0.5) is 5.69 Å². The molecule has 0 radical (unpaired) electrons. The summed E-state index contributed by atoms with van der Waals surface area (Å²) in [5.41, 5.74) is 0.282. The van der Waals surface area contributed by atoms with Crippen LogP contribution in [0.15, 0.2) is 28.9 Å². The van der Waals surface area contributed by atoms with Crippen molar-refractivity contribution in [1.29, 1.82) is 0 Å². The molecule has 31 heavy (non-hydrogen) atoms. The largest absolute Gasteiger partial charge is 0.456 e. The number of fused-ring (bicyclic) bond motifs is 1. The Kier molecular flexibility index (Phi) is 6.60. The molecule has 1 aliphatic heterocycles. The number of benzene rings is 1. The predicted octanol–water partition coefficient (Wildman–Crippen LogP) is 2.64. The molecule has 1 aromatic carbocycles. The average Bonchev–Trinajstić information content (AvgIpc) is 2.99. The van der Waals surface area contributed by atoms with Gasteiger partial charge in [-0.3, -0.25) is 24.5 Å². The first kappa shape index (κ1) is 22.7. The summed E-state index contributed by atoms with van der Waals surface area (Å²) in [5.74, 6) is -1.98. The maximum atomic E-state index is 11.8. The molecule has 11 nitrogen and oxygen atoms in total. The quantitative estimate of drug-likeness (QED) is 0.263. The van der Waals surface area contributed by atoms with Crippen LogP contribution in [0.1, 0.15) is 27.0 Å². The second-order valence-corrected chi connectivity index (χ2v) is 7.72. The Labute approximate surface area is 184 Å². The molecule has 0 N–H and O–H groups in total. The van der Waals surface area contributed by atoms with Crippen LogP contribution in [-0.2, 0) is 33.3 Å². The van der Waals surface area contributed by atoms with E-state index >= 15 is 0 Å². The normalized spacial score (nSPS) is 23.2. The van der Waals surface area contributed by atoms with Crippen LogP contribution in [-0.4, -0.2) is 52.3 Å². The lowest BCUT2D eigenvalue weighted by atomic mass is 10.0. The molecule has 0 unspecified atom stereocenters. The SMILES string of the molecule is CC(=O)O[C@@H]1[C@@H](OC(C)=O)[C@H](n2cc(Br)c3ccc([N+](=O)[O-])cc32)OC[C@@H]1OC(C)=O. The number of esters is 3. The van der Waals surface area contributed by atoms with E-state index in [0.717, 1.165) is 0 Å². The van der Waals surface area contributed by atoms with E-state index in [-0.39, 0.29) is 12.3 Å². The number of nitrogens with zero attached hydrogens (tertiary/aromatic N) is 2. The van der Waals surface area contributed by atoms with Gasteiger partial charge in [-0.15, -0.1) is 0 Å². The Bertz CT molecular complexity index is 1050. The highest BCUT2D eigenvalue weighted by Gasteiger charge is 2.48. The smallest absolute Gasteiger partial charge is 0.303 e. The van der Waals surface area contributed by atoms with Crippen molar-refractivity contribution >= 4 is 50.4 Å². The summed E-state index contributed by atoms with van der Waals surface area (Å²) >= 11 is 3.41. The zero-order valence-corrected chi connectivity index (χ0v) is 18.4. The van der Waals surface area contributed by atoms with Crippen molar-refractivity contribution in [2.24, 2.45) is 0 Å². The number of halogens is 1. The molecule has 0 aliphatic carbocycles. The first-order valence-electron chi connectivity index (χ1n) is 9.16. The molecule has 2 heterocycles. The fourth-order valence-electron chi connectivity index (χ4n) is 3.48. The number of nitro benzene ring substituents is 1. The number of rotatable bonds is 5. The van der Waals surface area contributed by atoms with Crippen molar-refractivity contribution in [3.8, 4) is 0 Å². The molecule has 3 rings (SSSR count). The number of non-ortho nitro benzene ring substituents is 1. The molecule has 0 spiro atoms. The summed E-state index contributed by atoms with van der Waals surface area (Å²) in [7, 11) is 0. The van der Waals surface area contributed by atoms with Crippen LogP contribution in [0.3, 0.4) is 0 Å². The number of aromatic nitrogens is 1. The van der Waals surface area contributed by atoms with E-state index in [1.54, 1.807) is 16.8 Å². The Hall–Kier alpha value is -2.99. The van der Waals surface area contributed by atoms with Gasteiger partial charge in [-0.25, -0.2) is 0 Å². The zero-order valence-electron chi connectivity index (χ0n) is 16.8. The molecular formula is C19H19BrN2O9. The standard InChI is InChI=1S/C19H19BrN2O9/c1-9(23)29-16-8-28-19(18(31-11(3)25)17(16)30-10(2)24)21-7-14(20)13-5-4-12(22(26)27)6-15(13)21/h4-7,16-19H,8H2,1-3H3/t16-,17-,18+,19+/m0/s1. The summed E-state index contributed by atoms with van der Waals surface area (Å²) in [5, 5.41) is 11.9. The molecule has 2 aromatic rings. The van der Waals surface area contributed by atoms with Crippen molar-refractivity contribution in [3.63, 3.8) is 0 Å². The van der Waals surface area contributed by atoms with Gasteiger partial charge in [-0.05, 0) is 22.0 Å². The van der Waals surface area contributed by atoms with Crippen LogP contribution in [0, 0.1) is 10.1 Å². The van der Waals surface area contributed by atoms with Gasteiger partial charge in [0.2, 0.25) is 0 Å². The first-order chi connectivity index (χ1) is 14.6. The van der Waals surface area contributed by atoms with E-state index in [1.807, 2.05) is 0 Å². The summed E-state index contributed by atoms with van der Waals surface area (Å²) in [6.45, 7) is 3.37. The van der Waals surface area contributed by atoms with Gasteiger partial charge in [0.05, 0.1) is 17.0 Å². The lowest BCUT2D eigenvalue weighted by Gasteiger charge is -2.41. The number of ether oxygens (including phenoxy) is 4. The molecular weight excluding hydrogens is 480 g/mol. The van der Waals surface area contributed by atoms with Gasteiger partial charge in [0.25, 0.3) is 5.69 Å². The molecule has 4 atom stereocenters. The van der Waals surface area contributed by atoms with Gasteiger partial charge >= 0.3 is 17.9 Å². The Balaban J connectivity index is 2.11. The molecule has 1 aromatic heterocycles. The van der Waals surface area contributed by atoms with Crippen LogP contribution < -0.4 is 0 Å². The van der Waals surface area contributed by atoms with Gasteiger partial charge < -0.3 is 23.5 Å². The van der Waals surface area contributed by atoms with Crippen molar-refractivity contribution in [2.75, 3.05) is 6.61 Å². The maximum absolute atomic E-state index is 11.8. The molecule has 1 saturated heterocycles. The third kappa shape index (κ3) is 4.85. The minimum absolute atomic E-state index is 0.145. The molecule has 12 heteroatoms. The topological polar surface area (TPSA) is 136 Å². The van der Waals surface area contributed by atoms with Crippen molar-refractivity contribution in [3.05, 3.63) is 39.0 Å². The van der Waals surface area contributed by atoms with E-state index in [2.05, 4.69) is 15.9 Å². The minimum Gasteiger partial charge on any atom is -0.456 e. The lowest BCUT2D eigenvalue weighted by molar-refractivity contribution is -0.384. The van der Waals surface area contributed by atoms with E-state index < -0.39 is 47.4 Å². The summed E-state index contributed by atoms with van der Waals surface area (Å²) in [4.78, 5) is 45.8. The molecule has 0 bridgehead atoms. The number of carbonyl (C=O) groups excluding carboxylic acids is 3. The second kappa shape index (κ2) is 9.02. The zero-order chi connectivity index (χ0) is 22.9. The van der Waals surface area contributed by atoms with Crippen LogP contribution in [0.25, 0.3) is 10.9 Å². The van der Waals surface area contributed by atoms with E-state index in [9.17, 15) is 24.5 Å². The number of nitro groups is 1. The van der Waals surface area contributed by atoms with Gasteiger partial charge in [-0.2, -0.15) is 0 Å². The van der Waals surface area contributed by atoms with Gasteiger partial charge in [-0.1, -0.05) is 0 Å². The van der Waals surface area contributed by atoms with Crippen molar-refractivity contribution in [1.82, 2.24) is 4.57 Å². The molecule has 1 aliphatic rings. The lowest BCUT2D eigenvalue weighted by Crippen LogP contribution is -2.55. The highest BCUT2D eigenvalue weighted by Crippen LogP contribution is 2.37. The summed E-state index contributed by atoms with van der Waals surface area (Å²) in [6, 6.07) is 4.29. The second-order valence-electron chi connectivity index (χ2n) is 6.86. The Morgan fingerprint density at radius 2 is 1.71 bits per heavy atom. The Morgan fingerprint density at radius 1 is 1.10 bits per heavy atom. The summed E-state index contributed by atoms with van der Waals surface area (Å²) < 4.78 is 24.0. The van der Waals surface area contributed by atoms with Gasteiger partial charge in [0.1, 0.15) is 0 Å². The maximum Gasteiger partial charge on any atom is 0.303 e. The van der Waals surface area contributed by atoms with E-state index in [1.165, 1.54) is 32.9 Å². The predicted molar refractivity (Wildman–Crippen MR) is 108 cm³/mol. The third-order valence-corrected chi connectivity index (χ3v) is 5.21. The average molecular weight is 499 g/mol. The molecule has 166 valence electrons. The number of hydrogen-bond acceptors (Lipinski definition) is 9. The summed E-state index contributed by atoms with van der Waals surface area (Å²) in [6.07, 6.45) is -2.76. The number of carbonyl (C=O) groups is 3. The highest BCUT2D eigenvalue weighted by atomic mass is 79.9. The van der Waals surface area contributed by atoms with E-state index in [0.29, 0.717) is 15.4 Å². The molecule has 1 fully saturated rings. The number of hydrogen-bond donors (Lipinski definition) is 0. The first-order valence-corrected chi connectivity index (χ1v) is 9.95. The molecule has 0 amide bonds. The Morgan fingerprint density at radius 3 is 2.29 bits per heavy atom. The van der Waals surface area contributed by atoms with Gasteiger partial charge in [0.15, 0.2) is 24.5 Å². The van der Waals surface area contributed by atoms with Gasteiger partial charge in [0, 0.05) is 49.0 Å². The van der Waals surface area contributed by atoms with Crippen LogP contribution in [0.2, 0.25) is 0 Å². The van der Waals surface area contributed by atoms with Crippen LogP contribution >= 0.6 is 15.9 Å². The van der Waals surface area contributed by atoms with Crippen LogP contribution in [0.5, 0.6) is 0 Å². The fourth-order valence-corrected chi connectivity index (χ4v) is 4.04. The fraction of sp³-hybridized carbons (Fsp3) is 0.421. The monoisotopic (exact) mass is 498 g/mol. The van der Waals surface area contributed by atoms with Crippen molar-refractivity contribution in [2.45, 2.75) is 45.3 Å². The third-order valence-electron chi connectivity index (χ3n) is 4.58. The van der Waals surface area contributed by atoms with E-state index in [4.69, 9.17) is 18.9 Å². The highest BCUT2D eigenvalue weighted by molar-refractivity contribution is 9.10. The minimum atomic E-state index is -1.19. The molecule has 0 saturated carbocycles.